The van der Waals surface area contributed by atoms with Crippen LogP contribution in [0.4, 0.5) is 0 Å². The molecule has 0 aliphatic heterocycles. The van der Waals surface area contributed by atoms with Crippen molar-refractivity contribution >= 4 is 24.3 Å². The van der Waals surface area contributed by atoms with E-state index in [2.05, 4.69) is 18.4 Å². The maximum absolute atomic E-state index is 10.4. The Morgan fingerprint density at radius 3 is 2.11 bits per heavy atom. The molecule has 0 aliphatic carbocycles. The SMILES string of the molecule is NC(=O)C(=O)[C@@H](N)CS. The number of hydrogen-bond donors (Lipinski definition) is 3. The number of carbonyl (C=O) groups excluding carboxylic acids is 2. The van der Waals surface area contributed by atoms with Crippen molar-refractivity contribution in [3.05, 3.63) is 0 Å². The smallest absolute Gasteiger partial charge is 0.286 e. The Morgan fingerprint density at radius 2 is 2.00 bits per heavy atom. The lowest BCUT2D eigenvalue weighted by Gasteiger charge is -2.00. The highest BCUT2D eigenvalue weighted by Crippen LogP contribution is 1.83. The average Bonchev–Trinajstić information content (AvgIpc) is 1.84. The van der Waals surface area contributed by atoms with E-state index < -0.39 is 17.7 Å². The largest absolute Gasteiger partial charge is 0.363 e. The van der Waals surface area contributed by atoms with E-state index in [-0.39, 0.29) is 5.75 Å². The van der Waals surface area contributed by atoms with Crippen LogP contribution in [0.5, 0.6) is 0 Å². The predicted octanol–water partition coefficient (Wildman–Crippen LogP) is -1.70. The molecule has 4 N–H and O–H groups in total. The van der Waals surface area contributed by atoms with Crippen LogP contribution in [0.25, 0.3) is 0 Å². The fourth-order valence-electron chi connectivity index (χ4n) is 0.266. The highest BCUT2D eigenvalue weighted by atomic mass is 32.1. The topological polar surface area (TPSA) is 86.2 Å². The summed E-state index contributed by atoms with van der Waals surface area (Å²) in [4.78, 5) is 20.5. The van der Waals surface area contributed by atoms with Gasteiger partial charge in [-0.15, -0.1) is 0 Å². The number of thiol groups is 1. The summed E-state index contributed by atoms with van der Waals surface area (Å²) in [5.41, 5.74) is 9.70. The van der Waals surface area contributed by atoms with Crippen LogP contribution >= 0.6 is 12.6 Å². The van der Waals surface area contributed by atoms with Gasteiger partial charge in [0.15, 0.2) is 0 Å². The molecule has 0 aromatic heterocycles. The molecule has 52 valence electrons. The molecule has 0 heterocycles. The number of ketones is 1. The third kappa shape index (κ3) is 2.48. The van der Waals surface area contributed by atoms with E-state index in [1.165, 1.54) is 0 Å². The van der Waals surface area contributed by atoms with Gasteiger partial charge in [-0.3, -0.25) is 9.59 Å². The summed E-state index contributed by atoms with van der Waals surface area (Å²) in [5, 5.41) is 0. The van der Waals surface area contributed by atoms with Gasteiger partial charge in [0.05, 0.1) is 6.04 Å². The zero-order valence-electron chi connectivity index (χ0n) is 4.70. The standard InChI is InChI=1S/C4H8N2O2S/c5-2(1-9)3(7)4(6)8/h2,9H,1,5H2,(H2,6,8)/t2-/m0/s1. The second-order valence-corrected chi connectivity index (χ2v) is 1.88. The maximum atomic E-state index is 10.4. The molecule has 0 aliphatic rings. The van der Waals surface area contributed by atoms with E-state index >= 15 is 0 Å². The van der Waals surface area contributed by atoms with Crippen molar-refractivity contribution in [2.24, 2.45) is 11.5 Å². The molecule has 1 atom stereocenters. The number of hydrogen-bond acceptors (Lipinski definition) is 4. The molecule has 0 unspecified atom stereocenters. The Hall–Kier alpha value is -0.550. The van der Waals surface area contributed by atoms with Gasteiger partial charge in [0, 0.05) is 5.75 Å². The Bertz CT molecular complexity index is 137. The van der Waals surface area contributed by atoms with E-state index in [4.69, 9.17) is 5.73 Å². The number of rotatable bonds is 3. The first kappa shape index (κ1) is 8.45. The third-order valence-electron chi connectivity index (χ3n) is 0.776. The van der Waals surface area contributed by atoms with Crippen LogP contribution in [0.3, 0.4) is 0 Å². The molecule has 0 saturated carbocycles. The first-order valence-corrected chi connectivity index (χ1v) is 2.93. The first-order chi connectivity index (χ1) is 4.09. The molecule has 4 nitrogen and oxygen atoms in total. The van der Waals surface area contributed by atoms with Gasteiger partial charge in [-0.25, -0.2) is 0 Å². The second kappa shape index (κ2) is 3.47. The van der Waals surface area contributed by atoms with Gasteiger partial charge in [0.25, 0.3) is 5.91 Å². The van der Waals surface area contributed by atoms with Crippen molar-refractivity contribution in [2.45, 2.75) is 6.04 Å². The molecule has 9 heavy (non-hydrogen) atoms. The normalized spacial score (nSPS) is 12.7. The summed E-state index contributed by atoms with van der Waals surface area (Å²) in [7, 11) is 0. The number of Topliss-reactive ketones (excluding diaryl/α,β-unsaturated/α-hetero) is 1. The molecule has 0 saturated heterocycles. The molecule has 0 bridgehead atoms. The quantitative estimate of drug-likeness (QED) is 0.329. The van der Waals surface area contributed by atoms with E-state index in [0.29, 0.717) is 0 Å². The van der Waals surface area contributed by atoms with Crippen molar-refractivity contribution in [2.75, 3.05) is 5.75 Å². The van der Waals surface area contributed by atoms with Crippen molar-refractivity contribution in [1.82, 2.24) is 0 Å². The molecule has 0 fully saturated rings. The highest BCUT2D eigenvalue weighted by molar-refractivity contribution is 7.80. The maximum Gasteiger partial charge on any atom is 0.286 e. The highest BCUT2D eigenvalue weighted by Gasteiger charge is 2.16. The summed E-state index contributed by atoms with van der Waals surface area (Å²) < 4.78 is 0. The summed E-state index contributed by atoms with van der Waals surface area (Å²) in [6.45, 7) is 0. The molecular formula is C4H8N2O2S. The Kier molecular flexibility index (Phi) is 3.26. The van der Waals surface area contributed by atoms with E-state index in [0.717, 1.165) is 0 Å². The van der Waals surface area contributed by atoms with Gasteiger partial charge < -0.3 is 11.5 Å². The van der Waals surface area contributed by atoms with Gasteiger partial charge >= 0.3 is 0 Å². The van der Waals surface area contributed by atoms with Crippen LogP contribution in [0.1, 0.15) is 0 Å². The van der Waals surface area contributed by atoms with Crippen LogP contribution < -0.4 is 11.5 Å². The molecule has 0 rings (SSSR count). The molecule has 5 heteroatoms. The lowest BCUT2D eigenvalue weighted by molar-refractivity contribution is -0.136. The van der Waals surface area contributed by atoms with Gasteiger partial charge in [-0.2, -0.15) is 12.6 Å². The lowest BCUT2D eigenvalue weighted by atomic mass is 10.2. The van der Waals surface area contributed by atoms with Crippen molar-refractivity contribution in [1.29, 1.82) is 0 Å². The summed E-state index contributed by atoms with van der Waals surface area (Å²) in [6.07, 6.45) is 0. The second-order valence-electron chi connectivity index (χ2n) is 1.52. The zero-order valence-corrected chi connectivity index (χ0v) is 5.60. The predicted molar refractivity (Wildman–Crippen MR) is 36.0 cm³/mol. The Morgan fingerprint density at radius 1 is 1.56 bits per heavy atom. The average molecular weight is 148 g/mol. The fraction of sp³-hybridized carbons (Fsp3) is 0.500. The monoisotopic (exact) mass is 148 g/mol. The van der Waals surface area contributed by atoms with Gasteiger partial charge in [-0.1, -0.05) is 0 Å². The Labute approximate surface area is 58.0 Å². The molecule has 1 amide bonds. The van der Waals surface area contributed by atoms with Crippen LogP contribution in [0, 0.1) is 0 Å². The van der Waals surface area contributed by atoms with Crippen molar-refractivity contribution in [3.63, 3.8) is 0 Å². The number of carbonyl (C=O) groups is 2. The molecule has 0 spiro atoms. The van der Waals surface area contributed by atoms with Crippen LogP contribution in [-0.4, -0.2) is 23.5 Å². The number of amides is 1. The van der Waals surface area contributed by atoms with Gasteiger partial charge in [0.1, 0.15) is 0 Å². The molecule has 0 radical (unpaired) electrons. The Balaban J connectivity index is 3.88. The minimum atomic E-state index is -1.00. The molecule has 0 aromatic carbocycles. The number of primary amides is 1. The number of nitrogens with two attached hydrogens (primary N) is 2. The fourth-order valence-corrected chi connectivity index (χ4v) is 0.431. The minimum Gasteiger partial charge on any atom is -0.363 e. The van der Waals surface area contributed by atoms with E-state index in [9.17, 15) is 9.59 Å². The van der Waals surface area contributed by atoms with Crippen molar-refractivity contribution < 1.29 is 9.59 Å². The van der Waals surface area contributed by atoms with E-state index in [1.807, 2.05) is 0 Å². The minimum absolute atomic E-state index is 0.141. The van der Waals surface area contributed by atoms with Crippen molar-refractivity contribution in [3.8, 4) is 0 Å². The zero-order chi connectivity index (χ0) is 7.44. The summed E-state index contributed by atoms with van der Waals surface area (Å²) in [6, 6.07) is -0.856. The van der Waals surface area contributed by atoms with E-state index in [1.54, 1.807) is 0 Å². The lowest BCUT2D eigenvalue weighted by Crippen LogP contribution is -2.40. The summed E-state index contributed by atoms with van der Waals surface area (Å²) >= 11 is 3.70. The van der Waals surface area contributed by atoms with Crippen LogP contribution in [-0.2, 0) is 9.59 Å². The first-order valence-electron chi connectivity index (χ1n) is 2.29. The van der Waals surface area contributed by atoms with Gasteiger partial charge in [-0.05, 0) is 0 Å². The molecular weight excluding hydrogens is 140 g/mol. The van der Waals surface area contributed by atoms with Gasteiger partial charge in [0.2, 0.25) is 5.78 Å². The summed E-state index contributed by atoms with van der Waals surface area (Å²) in [5.74, 6) is -1.64. The van der Waals surface area contributed by atoms with Crippen LogP contribution in [0.2, 0.25) is 0 Å². The third-order valence-corrected chi connectivity index (χ3v) is 1.17. The molecule has 0 aromatic rings. The van der Waals surface area contributed by atoms with Crippen LogP contribution in [0.15, 0.2) is 0 Å².